The standard InChI is InChI=1S/C20H22N8O6S3.ClH/c1-10-2-13(28-11(23-10)3-25(9-29)24-28)36-6-20(19(33)34)5-26-16(31)14(18(26)37-7-20)27(17(32)15(21)30)12-4-35-8-22-12;/h2-4,8,14,18,24,29H,5-7,9H2,1H3,(H2,21,30)(H,33,34);1H/t14?,18-,20?;/m1./s1. The minimum atomic E-state index is -1.27. The lowest BCUT2D eigenvalue weighted by molar-refractivity contribution is -0.156. The number of fused-ring (bicyclic) bond motifs is 2. The molecule has 5 rings (SSSR count). The average Bonchev–Trinajstić information content (AvgIpc) is 3.55. The van der Waals surface area contributed by atoms with Crippen LogP contribution in [0.1, 0.15) is 6.92 Å². The van der Waals surface area contributed by atoms with Crippen LogP contribution in [-0.4, -0.2) is 95.7 Å². The first-order valence-electron chi connectivity index (χ1n) is 10.9. The summed E-state index contributed by atoms with van der Waals surface area (Å²) in [5.41, 5.74) is 9.10. The van der Waals surface area contributed by atoms with E-state index in [9.17, 15) is 29.4 Å². The molecule has 0 saturated carbocycles. The number of aliphatic hydroxyl groups is 1. The summed E-state index contributed by atoms with van der Waals surface area (Å²) in [4.78, 5) is 60.8. The fourth-order valence-corrected chi connectivity index (χ4v) is 7.80. The Morgan fingerprint density at radius 2 is 2.16 bits per heavy atom. The Morgan fingerprint density at radius 1 is 1.39 bits per heavy atom. The number of β-lactam (4-membered cyclic amide) rings is 1. The molecule has 2 fully saturated rings. The van der Waals surface area contributed by atoms with Crippen molar-refractivity contribution in [3.8, 4) is 0 Å². The minimum absolute atomic E-state index is 0. The first-order chi connectivity index (χ1) is 17.6. The number of nitrogens with two attached hydrogens (primary N) is 1. The van der Waals surface area contributed by atoms with Gasteiger partial charge in [-0.3, -0.25) is 29.1 Å². The van der Waals surface area contributed by atoms with Gasteiger partial charge >= 0.3 is 17.8 Å². The molecule has 0 bridgehead atoms. The van der Waals surface area contributed by atoms with Crippen LogP contribution in [0.2, 0.25) is 0 Å². The summed E-state index contributed by atoms with van der Waals surface area (Å²) < 4.78 is 0. The van der Waals surface area contributed by atoms with E-state index in [2.05, 4.69) is 15.5 Å². The molecule has 0 aromatic carbocycles. The van der Waals surface area contributed by atoms with Crippen molar-refractivity contribution in [2.45, 2.75) is 18.3 Å². The van der Waals surface area contributed by atoms with Crippen molar-refractivity contribution in [2.75, 3.05) is 29.7 Å². The van der Waals surface area contributed by atoms with Crippen LogP contribution >= 0.6 is 47.3 Å². The van der Waals surface area contributed by atoms with Crippen molar-refractivity contribution < 1.29 is 29.4 Å². The molecule has 204 valence electrons. The van der Waals surface area contributed by atoms with Gasteiger partial charge in [0, 0.05) is 29.1 Å². The van der Waals surface area contributed by atoms with Crippen LogP contribution in [0, 0.1) is 5.41 Å². The summed E-state index contributed by atoms with van der Waals surface area (Å²) in [5.74, 6) is -2.74. The third kappa shape index (κ3) is 4.73. The molecule has 18 heteroatoms. The molecule has 3 atom stereocenters. The quantitative estimate of drug-likeness (QED) is 0.233. The summed E-state index contributed by atoms with van der Waals surface area (Å²) in [6.45, 7) is 1.48. The molecular weight excluding hydrogens is 580 g/mol. The number of primary amides is 1. The van der Waals surface area contributed by atoms with Crippen LogP contribution in [0.4, 0.5) is 5.82 Å². The van der Waals surface area contributed by atoms with Crippen molar-refractivity contribution in [2.24, 2.45) is 16.1 Å². The molecule has 14 nitrogen and oxygen atoms in total. The number of aliphatic carboxylic acids is 1. The second-order valence-corrected chi connectivity index (χ2v) is 11.5. The van der Waals surface area contributed by atoms with E-state index in [1.165, 1.54) is 50.3 Å². The number of allylic oxidation sites excluding steroid dienone is 1. The number of amides is 3. The third-order valence-corrected chi connectivity index (χ3v) is 9.61. The monoisotopic (exact) mass is 602 g/mol. The number of hydrogen-bond acceptors (Lipinski definition) is 13. The van der Waals surface area contributed by atoms with Crippen molar-refractivity contribution in [1.82, 2.24) is 25.4 Å². The molecule has 0 spiro atoms. The highest BCUT2D eigenvalue weighted by molar-refractivity contribution is 8.03. The summed E-state index contributed by atoms with van der Waals surface area (Å²) >= 11 is 3.73. The largest absolute Gasteiger partial charge is 0.481 e. The van der Waals surface area contributed by atoms with E-state index < -0.39 is 40.5 Å². The van der Waals surface area contributed by atoms with Gasteiger partial charge in [-0.25, -0.2) is 15.0 Å². The first kappa shape index (κ1) is 28.2. The molecule has 1 aromatic rings. The van der Waals surface area contributed by atoms with Crippen molar-refractivity contribution in [1.29, 1.82) is 0 Å². The molecule has 5 heterocycles. The summed E-state index contributed by atoms with van der Waals surface area (Å²) in [7, 11) is 0. The number of hydrogen-bond donors (Lipinski definition) is 4. The van der Waals surface area contributed by atoms with E-state index >= 15 is 0 Å². The first-order valence-corrected chi connectivity index (χ1v) is 13.8. The van der Waals surface area contributed by atoms with Gasteiger partial charge in [0.25, 0.3) is 0 Å². The number of carbonyl (C=O) groups excluding carboxylic acids is 3. The number of anilines is 1. The number of carbonyl (C=O) groups is 4. The van der Waals surface area contributed by atoms with E-state index in [0.29, 0.717) is 10.9 Å². The second kappa shape index (κ2) is 10.7. The van der Waals surface area contributed by atoms with Crippen LogP contribution in [0.3, 0.4) is 0 Å². The van der Waals surface area contributed by atoms with Gasteiger partial charge in [0.05, 0.1) is 16.7 Å². The summed E-state index contributed by atoms with van der Waals surface area (Å²) in [6.07, 6.45) is 3.43. The molecule has 5 N–H and O–H groups in total. The Bertz CT molecular complexity index is 1260. The van der Waals surface area contributed by atoms with Crippen molar-refractivity contribution in [3.63, 3.8) is 0 Å². The van der Waals surface area contributed by atoms with Gasteiger partial charge in [0.15, 0.2) is 5.82 Å². The van der Waals surface area contributed by atoms with Gasteiger partial charge in [-0.05, 0) is 13.0 Å². The number of hydrazine groups is 2. The predicted molar refractivity (Wildman–Crippen MR) is 143 cm³/mol. The zero-order valence-electron chi connectivity index (χ0n) is 19.7. The normalized spacial score (nSPS) is 25.8. The van der Waals surface area contributed by atoms with Gasteiger partial charge in [0.1, 0.15) is 29.4 Å². The Labute approximate surface area is 234 Å². The number of aromatic nitrogens is 1. The number of aliphatic imine (C=N–C) groups is 1. The van der Waals surface area contributed by atoms with Gasteiger partial charge in [-0.2, -0.15) is 0 Å². The second-order valence-electron chi connectivity index (χ2n) is 8.64. The number of carboxylic acid groups (broad SMARTS) is 1. The molecule has 3 amide bonds. The lowest BCUT2D eigenvalue weighted by atomic mass is 9.89. The zero-order valence-corrected chi connectivity index (χ0v) is 23.0. The lowest BCUT2D eigenvalue weighted by Crippen LogP contribution is -2.75. The number of nitrogens with zero attached hydrogens (tertiary/aromatic N) is 6. The highest BCUT2D eigenvalue weighted by atomic mass is 35.5. The fourth-order valence-electron chi connectivity index (χ4n) is 4.30. The van der Waals surface area contributed by atoms with E-state index in [-0.39, 0.29) is 43.0 Å². The molecule has 4 aliphatic heterocycles. The van der Waals surface area contributed by atoms with Gasteiger partial charge in [-0.15, -0.1) is 52.8 Å². The maximum Gasteiger partial charge on any atom is 0.318 e. The smallest absolute Gasteiger partial charge is 0.318 e. The highest BCUT2D eigenvalue weighted by Crippen LogP contribution is 2.47. The van der Waals surface area contributed by atoms with Crippen LogP contribution in [0.25, 0.3) is 0 Å². The molecule has 4 aliphatic rings. The maximum atomic E-state index is 13.2. The van der Waals surface area contributed by atoms with E-state index in [1.54, 1.807) is 22.7 Å². The predicted octanol–water partition coefficient (Wildman–Crippen LogP) is -0.427. The van der Waals surface area contributed by atoms with Crippen molar-refractivity contribution >= 4 is 82.5 Å². The molecule has 38 heavy (non-hydrogen) atoms. The van der Waals surface area contributed by atoms with Gasteiger partial charge in [-0.1, -0.05) is 0 Å². The van der Waals surface area contributed by atoms with E-state index in [1.807, 2.05) is 6.92 Å². The number of halogens is 1. The van der Waals surface area contributed by atoms with Crippen molar-refractivity contribution in [3.05, 3.63) is 34.0 Å². The van der Waals surface area contributed by atoms with Gasteiger partial charge in [0.2, 0.25) is 5.91 Å². The molecule has 1 aromatic heterocycles. The zero-order chi connectivity index (χ0) is 26.5. The molecule has 0 aliphatic carbocycles. The summed E-state index contributed by atoms with van der Waals surface area (Å²) in [5, 5.41) is 24.4. The number of nitrogens with one attached hydrogen (secondary N) is 1. The Balaban J connectivity index is 0.00000336. The number of thioether (sulfide) groups is 2. The minimum Gasteiger partial charge on any atom is -0.481 e. The average molecular weight is 603 g/mol. The summed E-state index contributed by atoms with van der Waals surface area (Å²) in [6, 6.07) is -1.00. The van der Waals surface area contributed by atoms with Crippen LogP contribution in [-0.2, 0) is 19.2 Å². The molecule has 2 unspecified atom stereocenters. The van der Waals surface area contributed by atoms with Crippen LogP contribution in [0.5, 0.6) is 0 Å². The molecule has 2 saturated heterocycles. The Hall–Kier alpha value is -2.83. The SMILES string of the molecule is CC1=NC2=CN(CO)NN2C(SCC2(C(=O)O)CS[C@@H]3C(N(C(=O)C(N)=O)c4cscn4)C(=O)N3C2)=C1.Cl. The molecular formula is C20H23ClN8O6S3. The number of rotatable bonds is 7. The number of carboxylic acids is 1. The number of thiazole rings is 1. The van der Waals surface area contributed by atoms with Gasteiger partial charge < -0.3 is 20.8 Å². The van der Waals surface area contributed by atoms with Crippen LogP contribution < -0.4 is 16.2 Å². The maximum absolute atomic E-state index is 13.2. The van der Waals surface area contributed by atoms with Crippen LogP contribution in [0.15, 0.2) is 39.0 Å². The Kier molecular flexibility index (Phi) is 7.96. The number of aliphatic hydroxyl groups excluding tert-OH is 1. The third-order valence-electron chi connectivity index (χ3n) is 6.17. The van der Waals surface area contributed by atoms with E-state index in [4.69, 9.17) is 5.73 Å². The lowest BCUT2D eigenvalue weighted by Gasteiger charge is -2.55. The fraction of sp³-hybridized carbons (Fsp3) is 0.400. The topological polar surface area (TPSA) is 185 Å². The van der Waals surface area contributed by atoms with E-state index in [0.717, 1.165) is 10.6 Å². The molecule has 0 radical (unpaired) electrons. The Morgan fingerprint density at radius 3 is 2.79 bits per heavy atom. The highest BCUT2D eigenvalue weighted by Gasteiger charge is 2.60.